The summed E-state index contributed by atoms with van der Waals surface area (Å²) in [4.78, 5) is 0. The van der Waals surface area contributed by atoms with E-state index < -0.39 is 0 Å². The van der Waals surface area contributed by atoms with Crippen LogP contribution < -0.4 is 5.73 Å². The molecule has 1 heteroatoms. The van der Waals surface area contributed by atoms with Gasteiger partial charge in [-0.1, -0.05) is 26.3 Å². The van der Waals surface area contributed by atoms with Crippen LogP contribution in [0.4, 0.5) is 0 Å². The predicted molar refractivity (Wildman–Crippen MR) is 67.5 cm³/mol. The summed E-state index contributed by atoms with van der Waals surface area (Å²) in [5, 5.41) is 0. The molecule has 0 aromatic rings. The van der Waals surface area contributed by atoms with Crippen molar-refractivity contribution in [3.05, 3.63) is 22.4 Å². The lowest BCUT2D eigenvalue weighted by molar-refractivity contribution is 0.624. The first-order valence-corrected chi connectivity index (χ1v) is 6.29. The molecule has 1 aliphatic carbocycles. The molecule has 0 saturated carbocycles. The summed E-state index contributed by atoms with van der Waals surface area (Å²) >= 11 is 0. The molecule has 1 atom stereocenters. The van der Waals surface area contributed by atoms with Gasteiger partial charge < -0.3 is 5.73 Å². The van der Waals surface area contributed by atoms with Crippen LogP contribution in [0.15, 0.2) is 22.4 Å². The van der Waals surface area contributed by atoms with Crippen LogP contribution in [0.1, 0.15) is 59.8 Å². The molecule has 0 heterocycles. The smallest absolute Gasteiger partial charge is 0.0340 e. The largest absolute Gasteiger partial charge is 0.399 e. The monoisotopic (exact) mass is 207 g/mol. The van der Waals surface area contributed by atoms with Gasteiger partial charge in [-0.15, -0.1) is 0 Å². The zero-order chi connectivity index (χ0) is 11.4. The van der Waals surface area contributed by atoms with Gasteiger partial charge in [-0.05, 0) is 56.1 Å². The van der Waals surface area contributed by atoms with Crippen LogP contribution >= 0.6 is 0 Å². The van der Waals surface area contributed by atoms with Gasteiger partial charge in [0.05, 0.1) is 0 Å². The van der Waals surface area contributed by atoms with Crippen molar-refractivity contribution in [1.82, 2.24) is 0 Å². The van der Waals surface area contributed by atoms with Crippen LogP contribution in [0.3, 0.4) is 0 Å². The maximum absolute atomic E-state index is 6.32. The Morgan fingerprint density at radius 2 is 2.00 bits per heavy atom. The van der Waals surface area contributed by atoms with Gasteiger partial charge in [-0.2, -0.15) is 0 Å². The first kappa shape index (κ1) is 12.4. The fraction of sp³-hybridized carbons (Fsp3) is 0.714. The number of rotatable bonds is 4. The molecular formula is C14H25N. The average molecular weight is 207 g/mol. The lowest BCUT2D eigenvalue weighted by Crippen LogP contribution is -2.10. The Hall–Kier alpha value is -0.720. The van der Waals surface area contributed by atoms with Crippen molar-refractivity contribution in [3.63, 3.8) is 0 Å². The minimum Gasteiger partial charge on any atom is -0.399 e. The van der Waals surface area contributed by atoms with Crippen molar-refractivity contribution >= 4 is 0 Å². The molecule has 1 aliphatic rings. The van der Waals surface area contributed by atoms with Gasteiger partial charge >= 0.3 is 0 Å². The Morgan fingerprint density at radius 1 is 1.33 bits per heavy atom. The van der Waals surface area contributed by atoms with Crippen molar-refractivity contribution in [2.75, 3.05) is 0 Å². The van der Waals surface area contributed by atoms with Crippen molar-refractivity contribution in [1.29, 1.82) is 0 Å². The molecule has 0 aliphatic heterocycles. The highest BCUT2D eigenvalue weighted by Gasteiger charge is 2.17. The first-order valence-electron chi connectivity index (χ1n) is 6.29. The normalized spacial score (nSPS) is 20.5. The van der Waals surface area contributed by atoms with Gasteiger partial charge in [0.2, 0.25) is 0 Å². The number of hydrogen-bond acceptors (Lipinski definition) is 1. The summed E-state index contributed by atoms with van der Waals surface area (Å²) in [6, 6.07) is 0. The Morgan fingerprint density at radius 3 is 2.40 bits per heavy atom. The van der Waals surface area contributed by atoms with Crippen LogP contribution in [0.25, 0.3) is 0 Å². The Labute approximate surface area is 94.4 Å². The van der Waals surface area contributed by atoms with Crippen LogP contribution in [0.2, 0.25) is 0 Å². The molecule has 0 bridgehead atoms. The van der Waals surface area contributed by atoms with Crippen LogP contribution in [-0.2, 0) is 0 Å². The summed E-state index contributed by atoms with van der Waals surface area (Å²) in [5.74, 6) is 0.635. The SMILES string of the molecule is CC/C(=C(\N)C1=C(C)CCC1)C(C)CC. The van der Waals surface area contributed by atoms with Gasteiger partial charge in [-0.3, -0.25) is 0 Å². The third-order valence-corrected chi connectivity index (χ3v) is 3.75. The maximum Gasteiger partial charge on any atom is 0.0340 e. The van der Waals surface area contributed by atoms with E-state index in [9.17, 15) is 0 Å². The average Bonchev–Trinajstić information content (AvgIpc) is 2.65. The van der Waals surface area contributed by atoms with Crippen molar-refractivity contribution in [3.8, 4) is 0 Å². The molecule has 0 radical (unpaired) electrons. The quantitative estimate of drug-likeness (QED) is 0.736. The Kier molecular flexibility index (Phi) is 4.44. The highest BCUT2D eigenvalue weighted by atomic mass is 14.6. The molecule has 0 saturated heterocycles. The molecule has 1 nitrogen and oxygen atoms in total. The zero-order valence-electron chi connectivity index (χ0n) is 10.7. The molecule has 0 amide bonds. The topological polar surface area (TPSA) is 26.0 Å². The lowest BCUT2D eigenvalue weighted by atomic mass is 9.91. The van der Waals surface area contributed by atoms with Gasteiger partial charge in [0, 0.05) is 5.70 Å². The molecule has 86 valence electrons. The summed E-state index contributed by atoms with van der Waals surface area (Å²) in [5.41, 5.74) is 11.9. The van der Waals surface area contributed by atoms with Crippen molar-refractivity contribution in [2.24, 2.45) is 11.7 Å². The molecule has 1 rings (SSSR count). The minimum atomic E-state index is 0.635. The second kappa shape index (κ2) is 5.39. The fourth-order valence-corrected chi connectivity index (χ4v) is 2.50. The molecule has 0 aromatic heterocycles. The molecule has 15 heavy (non-hydrogen) atoms. The first-order chi connectivity index (χ1) is 7.11. The van der Waals surface area contributed by atoms with E-state index in [1.54, 1.807) is 0 Å². The van der Waals surface area contributed by atoms with Crippen molar-refractivity contribution in [2.45, 2.75) is 59.8 Å². The van der Waals surface area contributed by atoms with Gasteiger partial charge in [0.1, 0.15) is 0 Å². The highest BCUT2D eigenvalue weighted by Crippen LogP contribution is 2.33. The van der Waals surface area contributed by atoms with E-state index in [1.165, 1.54) is 42.4 Å². The summed E-state index contributed by atoms with van der Waals surface area (Å²) in [6.07, 6.45) is 6.01. The van der Waals surface area contributed by atoms with E-state index in [1.807, 2.05) is 0 Å². The molecule has 1 unspecified atom stereocenters. The predicted octanol–water partition coefficient (Wildman–Crippen LogP) is 4.16. The van der Waals surface area contributed by atoms with Gasteiger partial charge in [0.25, 0.3) is 0 Å². The Balaban J connectivity index is 3.00. The minimum absolute atomic E-state index is 0.635. The van der Waals surface area contributed by atoms with E-state index in [0.29, 0.717) is 5.92 Å². The third kappa shape index (κ3) is 2.64. The second-order valence-corrected chi connectivity index (χ2v) is 4.71. The molecular weight excluding hydrogens is 182 g/mol. The summed E-state index contributed by atoms with van der Waals surface area (Å²) < 4.78 is 0. The van der Waals surface area contributed by atoms with Crippen LogP contribution in [0, 0.1) is 5.92 Å². The van der Waals surface area contributed by atoms with Crippen LogP contribution in [0.5, 0.6) is 0 Å². The van der Waals surface area contributed by atoms with Gasteiger partial charge in [0.15, 0.2) is 0 Å². The molecule has 0 spiro atoms. The molecule has 0 aromatic carbocycles. The van der Waals surface area contributed by atoms with E-state index in [4.69, 9.17) is 5.73 Å². The van der Waals surface area contributed by atoms with E-state index >= 15 is 0 Å². The maximum atomic E-state index is 6.32. The highest BCUT2D eigenvalue weighted by molar-refractivity contribution is 5.39. The van der Waals surface area contributed by atoms with Crippen molar-refractivity contribution < 1.29 is 0 Å². The van der Waals surface area contributed by atoms with Gasteiger partial charge in [-0.25, -0.2) is 0 Å². The third-order valence-electron chi connectivity index (χ3n) is 3.75. The number of hydrogen-bond donors (Lipinski definition) is 1. The number of allylic oxidation sites excluding steroid dienone is 3. The number of nitrogens with two attached hydrogens (primary N) is 1. The fourth-order valence-electron chi connectivity index (χ4n) is 2.50. The lowest BCUT2D eigenvalue weighted by Gasteiger charge is -2.17. The molecule has 0 fully saturated rings. The van der Waals surface area contributed by atoms with E-state index in [-0.39, 0.29) is 0 Å². The standard InChI is InChI=1S/C14H25N/c1-5-10(3)12(6-2)14(15)13-9-7-8-11(13)4/h10H,5-9,15H2,1-4H3/b14-12+. The zero-order valence-corrected chi connectivity index (χ0v) is 10.7. The van der Waals surface area contributed by atoms with E-state index in [0.717, 1.165) is 12.1 Å². The summed E-state index contributed by atoms with van der Waals surface area (Å²) in [7, 11) is 0. The van der Waals surface area contributed by atoms with E-state index in [2.05, 4.69) is 27.7 Å². The molecule has 2 N–H and O–H groups in total. The summed E-state index contributed by atoms with van der Waals surface area (Å²) in [6.45, 7) is 8.98. The second-order valence-electron chi connectivity index (χ2n) is 4.71. The Bertz CT molecular complexity index is 284. The van der Waals surface area contributed by atoms with Crippen LogP contribution in [-0.4, -0.2) is 0 Å².